The first-order chi connectivity index (χ1) is 7.60. The molecule has 0 N–H and O–H groups in total. The summed E-state index contributed by atoms with van der Waals surface area (Å²) in [5, 5.41) is 0. The van der Waals surface area contributed by atoms with E-state index in [1.165, 1.54) is 16.7 Å². The molecule has 0 saturated carbocycles. The summed E-state index contributed by atoms with van der Waals surface area (Å²) in [7, 11) is 0. The van der Waals surface area contributed by atoms with Crippen LogP contribution in [0, 0.1) is 0 Å². The summed E-state index contributed by atoms with van der Waals surface area (Å²) >= 11 is 0. The molecule has 0 aromatic heterocycles. The fraction of sp³-hybridized carbons (Fsp3) is 0.375. The predicted octanol–water partition coefficient (Wildman–Crippen LogP) is 5.37. The van der Waals surface area contributed by atoms with Gasteiger partial charge in [0.05, 0.1) is 0 Å². The van der Waals surface area contributed by atoms with E-state index < -0.39 is 0 Å². The van der Waals surface area contributed by atoms with E-state index in [0.717, 1.165) is 25.7 Å². The molecule has 0 aromatic rings. The van der Waals surface area contributed by atoms with Crippen LogP contribution in [-0.4, -0.2) is 0 Å². The minimum atomic E-state index is 0.932. The molecule has 0 radical (unpaired) electrons. The Bertz CT molecular complexity index is 300. The third-order valence-electron chi connectivity index (χ3n) is 2.29. The molecular formula is C16H24. The van der Waals surface area contributed by atoms with Gasteiger partial charge in [0.2, 0.25) is 0 Å². The SMILES string of the molecule is C=CC/C(=C\C=CCC(=C)CC(=C)C)CC. The molecule has 0 saturated heterocycles. The Kier molecular flexibility index (Phi) is 8.24. The monoisotopic (exact) mass is 216 g/mol. The molecule has 0 aliphatic carbocycles. The maximum Gasteiger partial charge on any atom is -0.0114 e. The molecular weight excluding hydrogens is 192 g/mol. The Hall–Kier alpha value is -1.30. The lowest BCUT2D eigenvalue weighted by molar-refractivity contribution is 1.03. The maximum atomic E-state index is 4.02. The van der Waals surface area contributed by atoms with Crippen LogP contribution >= 0.6 is 0 Å². The highest BCUT2D eigenvalue weighted by Crippen LogP contribution is 2.11. The zero-order chi connectivity index (χ0) is 12.4. The molecule has 0 aliphatic heterocycles. The Morgan fingerprint density at radius 3 is 2.38 bits per heavy atom. The van der Waals surface area contributed by atoms with E-state index in [-0.39, 0.29) is 0 Å². The molecule has 0 aromatic carbocycles. The van der Waals surface area contributed by atoms with Crippen LogP contribution in [0.5, 0.6) is 0 Å². The van der Waals surface area contributed by atoms with Crippen molar-refractivity contribution in [3.63, 3.8) is 0 Å². The molecule has 16 heavy (non-hydrogen) atoms. The van der Waals surface area contributed by atoms with Gasteiger partial charge in [0.25, 0.3) is 0 Å². The van der Waals surface area contributed by atoms with Gasteiger partial charge >= 0.3 is 0 Å². The summed E-state index contributed by atoms with van der Waals surface area (Å²) < 4.78 is 0. The van der Waals surface area contributed by atoms with E-state index in [1.807, 2.05) is 13.0 Å². The lowest BCUT2D eigenvalue weighted by Gasteiger charge is -2.00. The first-order valence-corrected chi connectivity index (χ1v) is 5.86. The van der Waals surface area contributed by atoms with Crippen LogP contribution < -0.4 is 0 Å². The van der Waals surface area contributed by atoms with Crippen molar-refractivity contribution in [2.45, 2.75) is 39.5 Å². The molecule has 0 heteroatoms. The average molecular weight is 216 g/mol. The van der Waals surface area contributed by atoms with Gasteiger partial charge in [-0.25, -0.2) is 0 Å². The highest BCUT2D eigenvalue weighted by molar-refractivity contribution is 5.17. The van der Waals surface area contributed by atoms with Crippen molar-refractivity contribution in [1.82, 2.24) is 0 Å². The molecule has 0 fully saturated rings. The van der Waals surface area contributed by atoms with Crippen molar-refractivity contribution in [3.05, 3.63) is 60.8 Å². The summed E-state index contributed by atoms with van der Waals surface area (Å²) in [4.78, 5) is 0. The topological polar surface area (TPSA) is 0 Å². The van der Waals surface area contributed by atoms with Crippen LogP contribution in [0.3, 0.4) is 0 Å². The Labute approximate surface area is 101 Å². The maximum absolute atomic E-state index is 4.02. The summed E-state index contributed by atoms with van der Waals surface area (Å²) in [5.41, 5.74) is 3.81. The number of hydrogen-bond acceptors (Lipinski definition) is 0. The van der Waals surface area contributed by atoms with Crippen molar-refractivity contribution in [2.75, 3.05) is 0 Å². The second-order valence-electron chi connectivity index (χ2n) is 4.19. The zero-order valence-corrected chi connectivity index (χ0v) is 10.8. The fourth-order valence-corrected chi connectivity index (χ4v) is 1.45. The largest absolute Gasteiger partial charge is 0.103 e. The van der Waals surface area contributed by atoms with E-state index in [1.54, 1.807) is 0 Å². The Morgan fingerprint density at radius 2 is 1.88 bits per heavy atom. The molecule has 0 atom stereocenters. The lowest BCUT2D eigenvalue weighted by atomic mass is 10.1. The van der Waals surface area contributed by atoms with E-state index in [9.17, 15) is 0 Å². The molecule has 0 nitrogen and oxygen atoms in total. The van der Waals surface area contributed by atoms with E-state index in [2.05, 4.69) is 44.9 Å². The summed E-state index contributed by atoms with van der Waals surface area (Å²) in [5.74, 6) is 0. The van der Waals surface area contributed by atoms with Gasteiger partial charge < -0.3 is 0 Å². The second kappa shape index (κ2) is 8.96. The van der Waals surface area contributed by atoms with Crippen LogP contribution in [0.2, 0.25) is 0 Å². The van der Waals surface area contributed by atoms with Crippen molar-refractivity contribution in [3.8, 4) is 0 Å². The molecule has 0 heterocycles. The summed E-state index contributed by atoms with van der Waals surface area (Å²) in [6, 6.07) is 0. The van der Waals surface area contributed by atoms with Gasteiger partial charge in [0.15, 0.2) is 0 Å². The predicted molar refractivity (Wildman–Crippen MR) is 75.5 cm³/mol. The van der Waals surface area contributed by atoms with Gasteiger partial charge in [-0.3, -0.25) is 0 Å². The molecule has 0 aliphatic rings. The van der Waals surface area contributed by atoms with Crippen LogP contribution in [0.4, 0.5) is 0 Å². The molecule has 0 amide bonds. The van der Waals surface area contributed by atoms with Crippen LogP contribution in [-0.2, 0) is 0 Å². The smallest absolute Gasteiger partial charge is 0.0114 e. The zero-order valence-electron chi connectivity index (χ0n) is 10.8. The van der Waals surface area contributed by atoms with Gasteiger partial charge in [0.1, 0.15) is 0 Å². The van der Waals surface area contributed by atoms with Crippen molar-refractivity contribution in [1.29, 1.82) is 0 Å². The normalized spacial score (nSPS) is 11.8. The molecule has 0 rings (SSSR count). The average Bonchev–Trinajstić information content (AvgIpc) is 2.21. The molecule has 0 spiro atoms. The number of hydrogen-bond donors (Lipinski definition) is 0. The van der Waals surface area contributed by atoms with E-state index >= 15 is 0 Å². The third-order valence-corrected chi connectivity index (χ3v) is 2.29. The van der Waals surface area contributed by atoms with Crippen LogP contribution in [0.15, 0.2) is 60.8 Å². The summed E-state index contributed by atoms with van der Waals surface area (Å²) in [6.45, 7) is 15.9. The van der Waals surface area contributed by atoms with Gasteiger partial charge in [-0.15, -0.1) is 6.58 Å². The molecule has 0 bridgehead atoms. The minimum absolute atomic E-state index is 0.932. The van der Waals surface area contributed by atoms with E-state index in [0.29, 0.717) is 0 Å². The standard InChI is InChI=1S/C16H24/c1-6-10-16(7-2)12-9-8-11-15(5)13-14(3)4/h6,8-9,12H,1,3,5,7,10-11,13H2,2,4H3/b9-8?,16-12-. The Morgan fingerprint density at radius 1 is 1.19 bits per heavy atom. The third kappa shape index (κ3) is 8.05. The van der Waals surface area contributed by atoms with Crippen molar-refractivity contribution < 1.29 is 0 Å². The highest BCUT2D eigenvalue weighted by atomic mass is 14.0. The van der Waals surface area contributed by atoms with E-state index in [4.69, 9.17) is 0 Å². The molecule has 0 unspecified atom stereocenters. The van der Waals surface area contributed by atoms with Gasteiger partial charge in [-0.05, 0) is 32.6 Å². The summed E-state index contributed by atoms with van der Waals surface area (Å²) in [6.07, 6.45) is 12.3. The first-order valence-electron chi connectivity index (χ1n) is 5.86. The van der Waals surface area contributed by atoms with Crippen LogP contribution in [0.1, 0.15) is 39.5 Å². The fourth-order valence-electron chi connectivity index (χ4n) is 1.45. The van der Waals surface area contributed by atoms with Crippen molar-refractivity contribution >= 4 is 0 Å². The number of rotatable bonds is 8. The lowest BCUT2D eigenvalue weighted by Crippen LogP contribution is -1.80. The Balaban J connectivity index is 4.04. The van der Waals surface area contributed by atoms with Gasteiger partial charge in [-0.2, -0.15) is 0 Å². The first kappa shape index (κ1) is 14.7. The van der Waals surface area contributed by atoms with Crippen LogP contribution in [0.25, 0.3) is 0 Å². The number of allylic oxidation sites excluding steroid dienone is 7. The van der Waals surface area contributed by atoms with Crippen molar-refractivity contribution in [2.24, 2.45) is 0 Å². The molecule has 88 valence electrons. The quantitative estimate of drug-likeness (QED) is 0.378. The highest BCUT2D eigenvalue weighted by Gasteiger charge is 1.91. The van der Waals surface area contributed by atoms with Gasteiger partial charge in [-0.1, -0.05) is 61.1 Å². The minimum Gasteiger partial charge on any atom is -0.103 e. The van der Waals surface area contributed by atoms with Gasteiger partial charge in [0, 0.05) is 0 Å². The second-order valence-corrected chi connectivity index (χ2v) is 4.19.